The lowest BCUT2D eigenvalue weighted by atomic mass is 9.90. The van der Waals surface area contributed by atoms with Crippen molar-refractivity contribution in [3.8, 4) is 0 Å². The van der Waals surface area contributed by atoms with Crippen molar-refractivity contribution in [2.45, 2.75) is 12.5 Å². The molecule has 3 rings (SSSR count). The van der Waals surface area contributed by atoms with Crippen LogP contribution in [0.15, 0.2) is 54.9 Å². The Morgan fingerprint density at radius 3 is 2.59 bits per heavy atom. The lowest BCUT2D eigenvalue weighted by Crippen LogP contribution is -2.24. The zero-order chi connectivity index (χ0) is 15.4. The van der Waals surface area contributed by atoms with E-state index < -0.39 is 0 Å². The van der Waals surface area contributed by atoms with Gasteiger partial charge in [0.1, 0.15) is 0 Å². The summed E-state index contributed by atoms with van der Waals surface area (Å²) in [5.74, 6) is -0.0763. The Morgan fingerprint density at radius 2 is 1.91 bits per heavy atom. The van der Waals surface area contributed by atoms with Gasteiger partial charge in [0.2, 0.25) is 0 Å². The maximum Gasteiger partial charge on any atom is 0.310 e. The van der Waals surface area contributed by atoms with Crippen molar-refractivity contribution in [1.82, 2.24) is 9.88 Å². The Balaban J connectivity index is 1.78. The summed E-state index contributed by atoms with van der Waals surface area (Å²) >= 11 is 0. The Bertz CT molecular complexity index is 615. The molecule has 4 heteroatoms. The highest BCUT2D eigenvalue weighted by atomic mass is 16.5. The van der Waals surface area contributed by atoms with Crippen molar-refractivity contribution in [3.05, 3.63) is 66.0 Å². The molecule has 1 aromatic heterocycles. The third-order valence-electron chi connectivity index (χ3n) is 4.28. The normalized spacial score (nSPS) is 21.7. The molecule has 0 radical (unpaired) electrons. The van der Waals surface area contributed by atoms with Gasteiger partial charge in [0.05, 0.1) is 13.0 Å². The van der Waals surface area contributed by atoms with Gasteiger partial charge in [0.15, 0.2) is 0 Å². The van der Waals surface area contributed by atoms with E-state index in [1.165, 1.54) is 12.7 Å². The minimum absolute atomic E-state index is 0.115. The number of hydrogen-bond acceptors (Lipinski definition) is 4. The number of aromatic nitrogens is 1. The zero-order valence-electron chi connectivity index (χ0n) is 12.7. The number of carbonyl (C=O) groups excluding carboxylic acids is 1. The topological polar surface area (TPSA) is 42.4 Å². The predicted molar refractivity (Wildman–Crippen MR) is 84.2 cm³/mol. The average molecular weight is 296 g/mol. The van der Waals surface area contributed by atoms with E-state index in [2.05, 4.69) is 22.0 Å². The summed E-state index contributed by atoms with van der Waals surface area (Å²) in [6.45, 7) is 2.45. The molecule has 0 N–H and O–H groups in total. The van der Waals surface area contributed by atoms with Crippen LogP contribution in [0.3, 0.4) is 0 Å². The summed E-state index contributed by atoms with van der Waals surface area (Å²) in [5.41, 5.74) is 2.42. The van der Waals surface area contributed by atoms with Crippen LogP contribution in [0.4, 0.5) is 0 Å². The molecule has 0 amide bonds. The first kappa shape index (κ1) is 14.7. The first-order chi connectivity index (χ1) is 10.8. The van der Waals surface area contributed by atoms with Gasteiger partial charge in [-0.15, -0.1) is 0 Å². The molecule has 1 aromatic carbocycles. The summed E-state index contributed by atoms with van der Waals surface area (Å²) in [7, 11) is 1.46. The van der Waals surface area contributed by atoms with Gasteiger partial charge >= 0.3 is 5.97 Å². The molecule has 4 nitrogen and oxygen atoms in total. The van der Waals surface area contributed by atoms with Crippen LogP contribution >= 0.6 is 0 Å². The number of nitrogens with zero attached hydrogens (tertiary/aromatic N) is 2. The lowest BCUT2D eigenvalue weighted by molar-refractivity contribution is -0.145. The van der Waals surface area contributed by atoms with Crippen LogP contribution in [-0.4, -0.2) is 36.1 Å². The number of carbonyl (C=O) groups is 1. The summed E-state index contributed by atoms with van der Waals surface area (Å²) in [6, 6.07) is 14.3. The number of ether oxygens (including phenoxy) is 1. The number of rotatable bonds is 4. The van der Waals surface area contributed by atoms with Crippen molar-refractivity contribution in [3.63, 3.8) is 0 Å². The van der Waals surface area contributed by atoms with Gasteiger partial charge in [-0.3, -0.25) is 14.7 Å². The van der Waals surface area contributed by atoms with Crippen LogP contribution in [-0.2, 0) is 16.1 Å². The number of benzene rings is 1. The van der Waals surface area contributed by atoms with Crippen molar-refractivity contribution in [2.24, 2.45) is 5.92 Å². The SMILES string of the molecule is COC(=O)[C@@H]1CN(Cc2ccccc2)C[C@H]1c1ccncc1. The number of methoxy groups -OCH3 is 1. The van der Waals surface area contributed by atoms with E-state index in [1.54, 1.807) is 12.4 Å². The fourth-order valence-corrected chi connectivity index (χ4v) is 3.19. The monoisotopic (exact) mass is 296 g/mol. The van der Waals surface area contributed by atoms with Crippen LogP contribution in [0.2, 0.25) is 0 Å². The maximum atomic E-state index is 12.1. The van der Waals surface area contributed by atoms with Gasteiger partial charge in [0, 0.05) is 37.9 Å². The lowest BCUT2D eigenvalue weighted by Gasteiger charge is -2.16. The highest BCUT2D eigenvalue weighted by molar-refractivity contribution is 5.74. The number of hydrogen-bond donors (Lipinski definition) is 0. The Morgan fingerprint density at radius 1 is 1.18 bits per heavy atom. The zero-order valence-corrected chi connectivity index (χ0v) is 12.7. The van der Waals surface area contributed by atoms with Crippen LogP contribution in [0.25, 0.3) is 0 Å². The Labute approximate surface area is 130 Å². The molecule has 0 unspecified atom stereocenters. The predicted octanol–water partition coefficient (Wildman–Crippen LogP) is 2.47. The van der Waals surface area contributed by atoms with Crippen LogP contribution in [0.1, 0.15) is 17.0 Å². The molecule has 1 saturated heterocycles. The number of esters is 1. The van der Waals surface area contributed by atoms with Crippen molar-refractivity contribution >= 4 is 5.97 Å². The van der Waals surface area contributed by atoms with E-state index in [1.807, 2.05) is 30.3 Å². The van der Waals surface area contributed by atoms with Crippen LogP contribution in [0, 0.1) is 5.92 Å². The third kappa shape index (κ3) is 3.17. The highest BCUT2D eigenvalue weighted by Gasteiger charge is 2.39. The van der Waals surface area contributed by atoms with Crippen molar-refractivity contribution in [1.29, 1.82) is 0 Å². The maximum absolute atomic E-state index is 12.1. The Hall–Kier alpha value is -2.20. The molecular formula is C18H20N2O2. The third-order valence-corrected chi connectivity index (χ3v) is 4.28. The average Bonchev–Trinajstić information content (AvgIpc) is 3.00. The molecule has 0 saturated carbocycles. The summed E-state index contributed by atoms with van der Waals surface area (Å²) in [6.07, 6.45) is 3.56. The fourth-order valence-electron chi connectivity index (χ4n) is 3.19. The molecule has 1 aliphatic rings. The summed E-state index contributed by atoms with van der Waals surface area (Å²) in [4.78, 5) is 18.5. The number of pyridine rings is 1. The minimum atomic E-state index is -0.127. The number of likely N-dealkylation sites (tertiary alicyclic amines) is 1. The van der Waals surface area contributed by atoms with Gasteiger partial charge in [-0.2, -0.15) is 0 Å². The molecule has 0 aliphatic carbocycles. The smallest absolute Gasteiger partial charge is 0.310 e. The molecule has 0 spiro atoms. The van der Waals surface area contributed by atoms with Crippen LogP contribution < -0.4 is 0 Å². The highest BCUT2D eigenvalue weighted by Crippen LogP contribution is 2.34. The van der Waals surface area contributed by atoms with Crippen molar-refractivity contribution < 1.29 is 9.53 Å². The van der Waals surface area contributed by atoms with E-state index in [9.17, 15) is 4.79 Å². The first-order valence-corrected chi connectivity index (χ1v) is 7.52. The molecular weight excluding hydrogens is 276 g/mol. The second-order valence-electron chi connectivity index (χ2n) is 5.70. The molecule has 0 bridgehead atoms. The summed E-state index contributed by atoms with van der Waals surface area (Å²) in [5, 5.41) is 0. The molecule has 114 valence electrons. The minimum Gasteiger partial charge on any atom is -0.469 e. The second kappa shape index (κ2) is 6.71. The van der Waals surface area contributed by atoms with E-state index in [4.69, 9.17) is 4.74 Å². The van der Waals surface area contributed by atoms with E-state index in [-0.39, 0.29) is 17.8 Å². The van der Waals surface area contributed by atoms with Gasteiger partial charge in [-0.1, -0.05) is 30.3 Å². The van der Waals surface area contributed by atoms with E-state index in [0.29, 0.717) is 0 Å². The Kier molecular flexibility index (Phi) is 4.49. The molecule has 22 heavy (non-hydrogen) atoms. The fraction of sp³-hybridized carbons (Fsp3) is 0.333. The van der Waals surface area contributed by atoms with Gasteiger partial charge in [-0.05, 0) is 23.3 Å². The van der Waals surface area contributed by atoms with Gasteiger partial charge in [0.25, 0.3) is 0 Å². The second-order valence-corrected chi connectivity index (χ2v) is 5.70. The molecule has 2 heterocycles. The molecule has 2 atom stereocenters. The molecule has 1 aliphatic heterocycles. The van der Waals surface area contributed by atoms with Crippen LogP contribution in [0.5, 0.6) is 0 Å². The van der Waals surface area contributed by atoms with E-state index in [0.717, 1.165) is 25.2 Å². The van der Waals surface area contributed by atoms with Gasteiger partial charge in [-0.25, -0.2) is 0 Å². The first-order valence-electron chi connectivity index (χ1n) is 7.52. The molecule has 2 aromatic rings. The largest absolute Gasteiger partial charge is 0.469 e. The van der Waals surface area contributed by atoms with E-state index >= 15 is 0 Å². The standard InChI is InChI=1S/C18H20N2O2/c1-22-18(21)17-13-20(11-14-5-3-2-4-6-14)12-16(17)15-7-9-19-10-8-15/h2-10,16-17H,11-13H2,1H3/t16-,17+/m0/s1. The summed E-state index contributed by atoms with van der Waals surface area (Å²) < 4.78 is 5.00. The molecule has 1 fully saturated rings. The van der Waals surface area contributed by atoms with Gasteiger partial charge < -0.3 is 4.74 Å². The van der Waals surface area contributed by atoms with Crippen molar-refractivity contribution in [2.75, 3.05) is 20.2 Å². The quantitative estimate of drug-likeness (QED) is 0.813.